The van der Waals surface area contributed by atoms with Crippen LogP contribution in [0.15, 0.2) is 24.4 Å². The summed E-state index contributed by atoms with van der Waals surface area (Å²) in [4.78, 5) is 15.0. The lowest BCUT2D eigenvalue weighted by atomic mass is 10.0. The number of amides is 1. The Labute approximate surface area is 112 Å². The van der Waals surface area contributed by atoms with Gasteiger partial charge in [0.05, 0.1) is 6.42 Å². The third-order valence-corrected chi connectivity index (χ3v) is 3.44. The molecule has 0 radical (unpaired) electrons. The summed E-state index contributed by atoms with van der Waals surface area (Å²) in [5, 5.41) is 3.89. The maximum Gasteiger partial charge on any atom is 0.224 e. The topological polar surface area (TPSA) is 44.9 Å². The van der Waals surface area contributed by atoms with E-state index in [1.807, 2.05) is 20.8 Å². The minimum Gasteiger partial charge on any atom is -0.361 e. The number of aromatic amines is 1. The van der Waals surface area contributed by atoms with Gasteiger partial charge in [0.25, 0.3) is 0 Å². The van der Waals surface area contributed by atoms with E-state index in [2.05, 4.69) is 10.3 Å². The number of fused-ring (bicyclic) bond motifs is 1. The van der Waals surface area contributed by atoms with Crippen LogP contribution in [-0.4, -0.2) is 16.4 Å². The zero-order valence-corrected chi connectivity index (χ0v) is 11.5. The Morgan fingerprint density at radius 2 is 2.16 bits per heavy atom. The number of benzene rings is 1. The number of halogens is 1. The number of nitrogens with one attached hydrogen (secondary N) is 2. The number of rotatable bonds is 4. The lowest BCUT2D eigenvalue weighted by molar-refractivity contribution is -0.122. The van der Waals surface area contributed by atoms with Gasteiger partial charge < -0.3 is 10.3 Å². The SMILES string of the molecule is CCC(C)(C)NC(=O)Cc1c[nH]c2cc(F)ccc12. The van der Waals surface area contributed by atoms with Gasteiger partial charge in [-0.1, -0.05) is 6.92 Å². The van der Waals surface area contributed by atoms with Gasteiger partial charge in [-0.2, -0.15) is 0 Å². The Hall–Kier alpha value is -1.84. The molecule has 0 saturated heterocycles. The summed E-state index contributed by atoms with van der Waals surface area (Å²) in [6, 6.07) is 4.55. The second-order valence-electron chi connectivity index (χ2n) is 5.47. The summed E-state index contributed by atoms with van der Waals surface area (Å²) in [5.74, 6) is -0.297. The van der Waals surface area contributed by atoms with E-state index < -0.39 is 0 Å². The summed E-state index contributed by atoms with van der Waals surface area (Å²) in [6.45, 7) is 6.03. The smallest absolute Gasteiger partial charge is 0.224 e. The molecule has 0 fully saturated rings. The highest BCUT2D eigenvalue weighted by molar-refractivity contribution is 5.89. The molecule has 2 aromatic rings. The van der Waals surface area contributed by atoms with Crippen molar-refractivity contribution in [3.05, 3.63) is 35.8 Å². The zero-order chi connectivity index (χ0) is 14.0. The summed E-state index contributed by atoms with van der Waals surface area (Å²) < 4.78 is 13.1. The predicted molar refractivity (Wildman–Crippen MR) is 74.5 cm³/mol. The van der Waals surface area contributed by atoms with Crippen molar-refractivity contribution in [3.63, 3.8) is 0 Å². The molecule has 2 rings (SSSR count). The molecule has 0 aliphatic rings. The first-order chi connectivity index (χ1) is 8.91. The molecule has 1 aromatic carbocycles. The molecule has 0 unspecified atom stereocenters. The van der Waals surface area contributed by atoms with E-state index in [4.69, 9.17) is 0 Å². The van der Waals surface area contributed by atoms with Crippen molar-refractivity contribution in [2.24, 2.45) is 0 Å². The standard InChI is InChI=1S/C15H19FN2O/c1-4-15(2,3)18-14(19)7-10-9-17-13-8-11(16)5-6-12(10)13/h5-6,8-9,17H,4,7H2,1-3H3,(H,18,19). The average molecular weight is 262 g/mol. The number of carbonyl (C=O) groups is 1. The fourth-order valence-corrected chi connectivity index (χ4v) is 1.99. The largest absolute Gasteiger partial charge is 0.361 e. The molecule has 0 atom stereocenters. The Bertz CT molecular complexity index is 601. The predicted octanol–water partition coefficient (Wildman–Crippen LogP) is 3.15. The van der Waals surface area contributed by atoms with Crippen LogP contribution in [0.1, 0.15) is 32.8 Å². The number of aromatic nitrogens is 1. The van der Waals surface area contributed by atoms with Crippen molar-refractivity contribution in [2.45, 2.75) is 39.2 Å². The Morgan fingerprint density at radius 3 is 2.84 bits per heavy atom. The van der Waals surface area contributed by atoms with Gasteiger partial charge in [-0.25, -0.2) is 4.39 Å². The van der Waals surface area contributed by atoms with Gasteiger partial charge in [-0.15, -0.1) is 0 Å². The van der Waals surface area contributed by atoms with E-state index in [9.17, 15) is 9.18 Å². The zero-order valence-electron chi connectivity index (χ0n) is 11.5. The van der Waals surface area contributed by atoms with Gasteiger partial charge in [0, 0.05) is 22.6 Å². The molecule has 0 bridgehead atoms. The molecular weight excluding hydrogens is 243 g/mol. The number of carbonyl (C=O) groups excluding carboxylic acids is 1. The first kappa shape index (κ1) is 13.6. The highest BCUT2D eigenvalue weighted by atomic mass is 19.1. The van der Waals surface area contributed by atoms with E-state index in [1.165, 1.54) is 12.1 Å². The monoisotopic (exact) mass is 262 g/mol. The average Bonchev–Trinajstić information content (AvgIpc) is 2.71. The molecule has 2 N–H and O–H groups in total. The molecule has 3 nitrogen and oxygen atoms in total. The lowest BCUT2D eigenvalue weighted by Gasteiger charge is -2.24. The van der Waals surface area contributed by atoms with Crippen LogP contribution in [0.25, 0.3) is 10.9 Å². The first-order valence-electron chi connectivity index (χ1n) is 6.48. The fourth-order valence-electron chi connectivity index (χ4n) is 1.99. The van der Waals surface area contributed by atoms with Crippen molar-refractivity contribution < 1.29 is 9.18 Å². The Kier molecular flexibility index (Phi) is 3.60. The van der Waals surface area contributed by atoms with Crippen molar-refractivity contribution in [1.82, 2.24) is 10.3 Å². The molecule has 1 amide bonds. The molecular formula is C15H19FN2O. The second kappa shape index (κ2) is 5.03. The number of hydrogen-bond donors (Lipinski definition) is 2. The summed E-state index contributed by atoms with van der Waals surface area (Å²) in [6.07, 6.45) is 2.94. The second-order valence-corrected chi connectivity index (χ2v) is 5.47. The maximum absolute atomic E-state index is 13.1. The molecule has 4 heteroatoms. The van der Waals surface area contributed by atoms with Gasteiger partial charge >= 0.3 is 0 Å². The van der Waals surface area contributed by atoms with E-state index in [0.717, 1.165) is 22.9 Å². The molecule has 102 valence electrons. The number of hydrogen-bond acceptors (Lipinski definition) is 1. The Morgan fingerprint density at radius 1 is 1.42 bits per heavy atom. The minimum absolute atomic E-state index is 0.0166. The van der Waals surface area contributed by atoms with Crippen LogP contribution >= 0.6 is 0 Å². The van der Waals surface area contributed by atoms with Crippen molar-refractivity contribution in [3.8, 4) is 0 Å². The van der Waals surface area contributed by atoms with Crippen LogP contribution in [0.2, 0.25) is 0 Å². The van der Waals surface area contributed by atoms with Crippen LogP contribution in [0.3, 0.4) is 0 Å². The minimum atomic E-state index is -0.280. The number of H-pyrrole nitrogens is 1. The third kappa shape index (κ3) is 3.13. The van der Waals surface area contributed by atoms with Gasteiger partial charge in [-0.3, -0.25) is 4.79 Å². The lowest BCUT2D eigenvalue weighted by Crippen LogP contribution is -2.43. The van der Waals surface area contributed by atoms with Gasteiger partial charge in [-0.05, 0) is 44.0 Å². The van der Waals surface area contributed by atoms with Crippen LogP contribution in [0.4, 0.5) is 4.39 Å². The van der Waals surface area contributed by atoms with E-state index >= 15 is 0 Å². The molecule has 1 heterocycles. The van der Waals surface area contributed by atoms with Crippen molar-refractivity contribution in [1.29, 1.82) is 0 Å². The quantitative estimate of drug-likeness (QED) is 0.873. The van der Waals surface area contributed by atoms with Gasteiger partial charge in [0.1, 0.15) is 5.82 Å². The molecule has 0 aliphatic heterocycles. The molecule has 1 aromatic heterocycles. The van der Waals surface area contributed by atoms with E-state index in [-0.39, 0.29) is 17.3 Å². The van der Waals surface area contributed by atoms with Crippen LogP contribution in [0, 0.1) is 5.82 Å². The summed E-state index contributed by atoms with van der Waals surface area (Å²) in [5.41, 5.74) is 1.41. The van der Waals surface area contributed by atoms with Crippen molar-refractivity contribution in [2.75, 3.05) is 0 Å². The molecule has 19 heavy (non-hydrogen) atoms. The van der Waals surface area contributed by atoms with Gasteiger partial charge in [0.2, 0.25) is 5.91 Å². The first-order valence-corrected chi connectivity index (χ1v) is 6.48. The van der Waals surface area contributed by atoms with Crippen LogP contribution in [0.5, 0.6) is 0 Å². The van der Waals surface area contributed by atoms with Gasteiger partial charge in [0.15, 0.2) is 0 Å². The molecule has 0 aliphatic carbocycles. The van der Waals surface area contributed by atoms with Crippen LogP contribution < -0.4 is 5.32 Å². The Balaban J connectivity index is 2.16. The van der Waals surface area contributed by atoms with Crippen LogP contribution in [-0.2, 0) is 11.2 Å². The van der Waals surface area contributed by atoms with E-state index in [0.29, 0.717) is 6.42 Å². The summed E-state index contributed by atoms with van der Waals surface area (Å²) in [7, 11) is 0. The summed E-state index contributed by atoms with van der Waals surface area (Å²) >= 11 is 0. The molecule has 0 saturated carbocycles. The van der Waals surface area contributed by atoms with Crippen molar-refractivity contribution >= 4 is 16.8 Å². The highest BCUT2D eigenvalue weighted by Gasteiger charge is 2.18. The third-order valence-electron chi connectivity index (χ3n) is 3.44. The van der Waals surface area contributed by atoms with E-state index in [1.54, 1.807) is 12.3 Å². The highest BCUT2D eigenvalue weighted by Crippen LogP contribution is 2.20. The molecule has 0 spiro atoms. The fraction of sp³-hybridized carbons (Fsp3) is 0.400. The normalized spacial score (nSPS) is 11.8. The maximum atomic E-state index is 13.1.